The third-order valence-electron chi connectivity index (χ3n) is 3.52. The van der Waals surface area contributed by atoms with E-state index in [1.807, 2.05) is 0 Å². The highest BCUT2D eigenvalue weighted by Gasteiger charge is 2.37. The van der Waals surface area contributed by atoms with Crippen LogP contribution in [-0.4, -0.2) is 66.4 Å². The monoisotopic (exact) mass is 228 g/mol. The Balaban J connectivity index is 1.78. The van der Waals surface area contributed by atoms with Crippen LogP contribution < -0.4 is 5.32 Å². The Kier molecular flexibility index (Phi) is 3.23. The van der Waals surface area contributed by atoms with E-state index < -0.39 is 0 Å². The molecule has 0 aromatic heterocycles. The fourth-order valence-corrected chi connectivity index (χ4v) is 5.73. The van der Waals surface area contributed by atoms with Gasteiger partial charge >= 0.3 is 0 Å². The van der Waals surface area contributed by atoms with E-state index in [-0.39, 0.29) is 8.37 Å². The van der Waals surface area contributed by atoms with Gasteiger partial charge in [0.25, 0.3) is 0 Å². The van der Waals surface area contributed by atoms with Gasteiger partial charge in [-0.05, 0) is 12.8 Å². The van der Waals surface area contributed by atoms with Crippen molar-refractivity contribution >= 4 is 8.37 Å². The van der Waals surface area contributed by atoms with Crippen molar-refractivity contribution < 1.29 is 0 Å². The SMILES string of the molecule is C1CN2CCCN3CCNCCN(C1)P23. The van der Waals surface area contributed by atoms with Crippen LogP contribution in [-0.2, 0) is 0 Å². The first kappa shape index (κ1) is 10.4. The second-order valence-electron chi connectivity index (χ2n) is 4.59. The molecule has 15 heavy (non-hydrogen) atoms. The van der Waals surface area contributed by atoms with Crippen molar-refractivity contribution in [3.63, 3.8) is 0 Å². The van der Waals surface area contributed by atoms with Crippen LogP contribution in [0.1, 0.15) is 12.8 Å². The van der Waals surface area contributed by atoms with Gasteiger partial charge in [0.1, 0.15) is 8.37 Å². The molecule has 5 heteroatoms. The van der Waals surface area contributed by atoms with E-state index in [4.69, 9.17) is 0 Å². The molecule has 3 fully saturated rings. The molecule has 0 amide bonds. The number of nitrogens with zero attached hydrogens (tertiary/aromatic N) is 3. The summed E-state index contributed by atoms with van der Waals surface area (Å²) in [7, 11) is -0.0678. The molecule has 0 bridgehead atoms. The summed E-state index contributed by atoms with van der Waals surface area (Å²) in [5.41, 5.74) is 0. The van der Waals surface area contributed by atoms with Gasteiger partial charge in [-0.1, -0.05) is 0 Å². The molecule has 0 atom stereocenters. The average molecular weight is 228 g/mol. The minimum atomic E-state index is -0.0678. The lowest BCUT2D eigenvalue weighted by Gasteiger charge is -2.52. The predicted octanol–water partition coefficient (Wildman–Crippen LogP) is 0.530. The van der Waals surface area contributed by atoms with Gasteiger partial charge in [0.15, 0.2) is 0 Å². The maximum absolute atomic E-state index is 3.53. The fraction of sp³-hybridized carbons (Fsp3) is 1.00. The maximum atomic E-state index is 3.53. The Hall–Kier alpha value is 0.270. The molecule has 0 aromatic rings. The minimum absolute atomic E-state index is 0.0678. The summed E-state index contributed by atoms with van der Waals surface area (Å²) in [4.78, 5) is 0. The molecule has 0 radical (unpaired) electrons. The molecule has 3 aliphatic rings. The molecule has 3 aliphatic heterocycles. The van der Waals surface area contributed by atoms with Crippen molar-refractivity contribution in [1.82, 2.24) is 19.3 Å². The summed E-state index contributed by atoms with van der Waals surface area (Å²) in [5, 5.41) is 3.53. The van der Waals surface area contributed by atoms with Crippen LogP contribution in [0.25, 0.3) is 0 Å². The third-order valence-corrected chi connectivity index (χ3v) is 6.24. The molecule has 0 unspecified atom stereocenters. The van der Waals surface area contributed by atoms with Gasteiger partial charge in [0.05, 0.1) is 0 Å². The van der Waals surface area contributed by atoms with E-state index in [0.717, 1.165) is 0 Å². The molecule has 86 valence electrons. The smallest absolute Gasteiger partial charge is 0.120 e. The number of hydrogen-bond donors (Lipinski definition) is 1. The highest BCUT2D eigenvalue weighted by molar-refractivity contribution is 7.50. The second kappa shape index (κ2) is 4.64. The van der Waals surface area contributed by atoms with Crippen molar-refractivity contribution in [2.75, 3.05) is 52.4 Å². The highest BCUT2D eigenvalue weighted by atomic mass is 31.2. The van der Waals surface area contributed by atoms with Crippen molar-refractivity contribution in [1.29, 1.82) is 0 Å². The van der Waals surface area contributed by atoms with Crippen LogP contribution in [0.15, 0.2) is 0 Å². The van der Waals surface area contributed by atoms with E-state index in [9.17, 15) is 0 Å². The molecule has 3 saturated heterocycles. The van der Waals surface area contributed by atoms with Gasteiger partial charge in [-0.3, -0.25) is 14.0 Å². The van der Waals surface area contributed by atoms with Gasteiger partial charge in [-0.25, -0.2) is 0 Å². The fourth-order valence-electron chi connectivity index (χ4n) is 2.82. The zero-order chi connectivity index (χ0) is 10.1. The summed E-state index contributed by atoms with van der Waals surface area (Å²) < 4.78 is 8.20. The molecular formula is C10H21N4P. The summed E-state index contributed by atoms with van der Waals surface area (Å²) >= 11 is 0. The van der Waals surface area contributed by atoms with Crippen molar-refractivity contribution in [2.45, 2.75) is 12.8 Å². The molecular weight excluding hydrogens is 207 g/mol. The Labute approximate surface area is 93.5 Å². The first-order chi connectivity index (χ1) is 7.45. The lowest BCUT2D eigenvalue weighted by atomic mass is 10.3. The van der Waals surface area contributed by atoms with Crippen LogP contribution >= 0.6 is 8.37 Å². The maximum Gasteiger partial charge on any atom is 0.120 e. The Bertz CT molecular complexity index is 205. The van der Waals surface area contributed by atoms with Crippen LogP contribution in [0.3, 0.4) is 0 Å². The minimum Gasteiger partial charge on any atom is -0.314 e. The molecule has 0 aliphatic carbocycles. The van der Waals surface area contributed by atoms with Gasteiger partial charge in [0.2, 0.25) is 0 Å². The standard InChI is InChI=1S/C10H21N4P/c1-5-12-6-2-8-14-10-4-11-3-9-13(7-1)15(12)14/h11H,1-10H2. The Morgan fingerprint density at radius 3 is 1.67 bits per heavy atom. The van der Waals surface area contributed by atoms with Gasteiger partial charge in [-0.2, -0.15) is 0 Å². The molecule has 3 heterocycles. The number of hydrogen-bond acceptors (Lipinski definition) is 4. The predicted molar refractivity (Wildman–Crippen MR) is 63.7 cm³/mol. The third kappa shape index (κ3) is 2.06. The van der Waals surface area contributed by atoms with Crippen molar-refractivity contribution in [3.8, 4) is 0 Å². The van der Waals surface area contributed by atoms with E-state index in [2.05, 4.69) is 19.3 Å². The zero-order valence-corrected chi connectivity index (χ0v) is 10.3. The summed E-state index contributed by atoms with van der Waals surface area (Å²) in [5.74, 6) is 0. The molecule has 1 N–H and O–H groups in total. The van der Waals surface area contributed by atoms with Crippen LogP contribution in [0, 0.1) is 0 Å². The number of nitrogens with one attached hydrogen (secondary N) is 1. The summed E-state index contributed by atoms with van der Waals surface area (Å²) in [6, 6.07) is 0. The second-order valence-corrected chi connectivity index (χ2v) is 6.82. The van der Waals surface area contributed by atoms with E-state index in [1.165, 1.54) is 65.2 Å². The van der Waals surface area contributed by atoms with Gasteiger partial charge in [-0.15, -0.1) is 0 Å². The first-order valence-corrected chi connectivity index (χ1v) is 7.40. The van der Waals surface area contributed by atoms with Crippen LogP contribution in [0.4, 0.5) is 0 Å². The molecule has 0 saturated carbocycles. The average Bonchev–Trinajstić information content (AvgIpc) is 2.25. The lowest BCUT2D eigenvalue weighted by Crippen LogP contribution is -2.51. The van der Waals surface area contributed by atoms with Gasteiger partial charge in [0, 0.05) is 52.4 Å². The zero-order valence-electron chi connectivity index (χ0n) is 9.36. The first-order valence-electron chi connectivity index (χ1n) is 6.20. The van der Waals surface area contributed by atoms with Crippen molar-refractivity contribution in [2.24, 2.45) is 0 Å². The van der Waals surface area contributed by atoms with Crippen LogP contribution in [0.2, 0.25) is 0 Å². The quantitative estimate of drug-likeness (QED) is 0.610. The van der Waals surface area contributed by atoms with E-state index in [0.29, 0.717) is 0 Å². The summed E-state index contributed by atoms with van der Waals surface area (Å²) in [6.45, 7) is 10.2. The Morgan fingerprint density at radius 2 is 1.13 bits per heavy atom. The van der Waals surface area contributed by atoms with Gasteiger partial charge < -0.3 is 5.32 Å². The molecule has 4 nitrogen and oxygen atoms in total. The largest absolute Gasteiger partial charge is 0.314 e. The van der Waals surface area contributed by atoms with E-state index >= 15 is 0 Å². The van der Waals surface area contributed by atoms with Crippen molar-refractivity contribution in [3.05, 3.63) is 0 Å². The normalized spacial score (nSPS) is 32.0. The lowest BCUT2D eigenvalue weighted by molar-refractivity contribution is 0.225. The summed E-state index contributed by atoms with van der Waals surface area (Å²) in [6.07, 6.45) is 2.74. The van der Waals surface area contributed by atoms with Crippen LogP contribution in [0.5, 0.6) is 0 Å². The topological polar surface area (TPSA) is 21.8 Å². The molecule has 0 spiro atoms. The molecule has 0 aromatic carbocycles. The van der Waals surface area contributed by atoms with E-state index in [1.54, 1.807) is 0 Å². The number of rotatable bonds is 0. The Morgan fingerprint density at radius 1 is 0.667 bits per heavy atom. The highest BCUT2D eigenvalue weighted by Crippen LogP contribution is 2.52. The molecule has 3 rings (SSSR count).